The Hall–Kier alpha value is -0.820. The Morgan fingerprint density at radius 2 is 1.85 bits per heavy atom. The summed E-state index contributed by atoms with van der Waals surface area (Å²) in [6.07, 6.45) is 9.62. The van der Waals surface area contributed by atoms with Crippen LogP contribution in [0, 0.1) is 5.92 Å². The van der Waals surface area contributed by atoms with Crippen LogP contribution in [0.3, 0.4) is 0 Å². The quantitative estimate of drug-likeness (QED) is 0.659. The molecule has 1 N–H and O–H groups in total. The average molecular weight is 178 g/mol. The highest BCUT2D eigenvalue weighted by Crippen LogP contribution is 2.29. The molecule has 72 valence electrons. The molecule has 1 fully saturated rings. The van der Waals surface area contributed by atoms with Gasteiger partial charge >= 0.3 is 0 Å². The number of rotatable bonds is 3. The second kappa shape index (κ2) is 5.03. The van der Waals surface area contributed by atoms with Crippen molar-refractivity contribution in [3.63, 3.8) is 0 Å². The molecule has 0 saturated heterocycles. The van der Waals surface area contributed by atoms with E-state index in [0.717, 1.165) is 25.7 Å². The topological polar surface area (TPSA) is 20.2 Å². The van der Waals surface area contributed by atoms with Gasteiger partial charge in [-0.3, -0.25) is 0 Å². The molecular weight excluding hydrogens is 160 g/mol. The minimum absolute atomic E-state index is 0.0765. The number of allylic oxidation sites excluding steroid dienone is 4. The first-order chi connectivity index (χ1) is 6.24. The maximum absolute atomic E-state index is 9.32. The smallest absolute Gasteiger partial charge is 0.0540 e. The first-order valence-corrected chi connectivity index (χ1v) is 4.90. The van der Waals surface area contributed by atoms with Gasteiger partial charge in [0.2, 0.25) is 0 Å². The van der Waals surface area contributed by atoms with Crippen LogP contribution in [0.1, 0.15) is 25.7 Å². The molecule has 0 bridgehead atoms. The molecule has 0 radical (unpaired) electrons. The van der Waals surface area contributed by atoms with Crippen molar-refractivity contribution in [3.05, 3.63) is 37.0 Å². The number of aliphatic hydroxyl groups is 1. The van der Waals surface area contributed by atoms with Crippen LogP contribution in [-0.2, 0) is 0 Å². The van der Waals surface area contributed by atoms with Crippen LogP contribution in [-0.4, -0.2) is 11.2 Å². The van der Waals surface area contributed by atoms with Crippen molar-refractivity contribution < 1.29 is 5.11 Å². The lowest BCUT2D eigenvalue weighted by Crippen LogP contribution is -2.18. The first kappa shape index (κ1) is 10.3. The molecule has 0 aliphatic heterocycles. The van der Waals surface area contributed by atoms with Crippen molar-refractivity contribution in [2.45, 2.75) is 31.8 Å². The van der Waals surface area contributed by atoms with Gasteiger partial charge in [0.25, 0.3) is 0 Å². The summed E-state index contributed by atoms with van der Waals surface area (Å²) in [6.45, 7) is 7.65. The Kier molecular flexibility index (Phi) is 3.97. The van der Waals surface area contributed by atoms with Gasteiger partial charge in [0.15, 0.2) is 0 Å². The molecule has 0 unspecified atom stereocenters. The van der Waals surface area contributed by atoms with Crippen LogP contribution in [0.15, 0.2) is 37.0 Å². The van der Waals surface area contributed by atoms with Crippen molar-refractivity contribution in [1.29, 1.82) is 0 Å². The summed E-state index contributed by atoms with van der Waals surface area (Å²) in [7, 11) is 0. The van der Waals surface area contributed by atoms with E-state index in [0.29, 0.717) is 5.92 Å². The first-order valence-electron chi connectivity index (χ1n) is 4.90. The van der Waals surface area contributed by atoms with Gasteiger partial charge in [-0.15, -0.1) is 0 Å². The SMILES string of the molecule is C=C/C=C\C(=C)[C@H]1CC[C@@H](O)CC1. The van der Waals surface area contributed by atoms with Gasteiger partial charge < -0.3 is 5.11 Å². The van der Waals surface area contributed by atoms with Crippen molar-refractivity contribution in [3.8, 4) is 0 Å². The van der Waals surface area contributed by atoms with E-state index < -0.39 is 0 Å². The van der Waals surface area contributed by atoms with Crippen LogP contribution in [0.2, 0.25) is 0 Å². The minimum atomic E-state index is -0.0765. The maximum atomic E-state index is 9.32. The van der Waals surface area contributed by atoms with Gasteiger partial charge in [0.05, 0.1) is 6.10 Å². The van der Waals surface area contributed by atoms with E-state index in [9.17, 15) is 5.11 Å². The normalized spacial score (nSPS) is 29.0. The van der Waals surface area contributed by atoms with Gasteiger partial charge in [-0.2, -0.15) is 0 Å². The van der Waals surface area contributed by atoms with Crippen molar-refractivity contribution in [1.82, 2.24) is 0 Å². The third kappa shape index (κ3) is 3.19. The molecule has 1 aliphatic carbocycles. The van der Waals surface area contributed by atoms with E-state index in [4.69, 9.17) is 0 Å². The molecule has 0 aromatic heterocycles. The van der Waals surface area contributed by atoms with Crippen LogP contribution in [0.4, 0.5) is 0 Å². The zero-order chi connectivity index (χ0) is 9.68. The summed E-state index contributed by atoms with van der Waals surface area (Å²) in [6, 6.07) is 0. The van der Waals surface area contributed by atoms with Crippen molar-refractivity contribution in [2.75, 3.05) is 0 Å². The van der Waals surface area contributed by atoms with Gasteiger partial charge in [0.1, 0.15) is 0 Å². The van der Waals surface area contributed by atoms with E-state index in [1.807, 2.05) is 12.2 Å². The molecule has 1 rings (SSSR count). The standard InChI is InChI=1S/C12H18O/c1-3-4-5-10(2)11-6-8-12(13)9-7-11/h3-5,11-13H,1-2,6-9H2/b5-4-/t11-,12+. The van der Waals surface area contributed by atoms with Gasteiger partial charge in [-0.1, -0.05) is 37.0 Å². The molecule has 0 heterocycles. The zero-order valence-corrected chi connectivity index (χ0v) is 8.08. The molecule has 1 aliphatic rings. The Morgan fingerprint density at radius 3 is 2.38 bits per heavy atom. The Morgan fingerprint density at radius 1 is 1.23 bits per heavy atom. The highest BCUT2D eigenvalue weighted by atomic mass is 16.3. The zero-order valence-electron chi connectivity index (χ0n) is 8.08. The van der Waals surface area contributed by atoms with Crippen LogP contribution in [0.5, 0.6) is 0 Å². The van der Waals surface area contributed by atoms with Crippen molar-refractivity contribution in [2.24, 2.45) is 5.92 Å². The molecular formula is C12H18O. The third-order valence-electron chi connectivity index (χ3n) is 2.67. The predicted molar refractivity (Wildman–Crippen MR) is 56.4 cm³/mol. The highest BCUT2D eigenvalue weighted by Gasteiger charge is 2.19. The Labute approximate surface area is 80.5 Å². The Balaban J connectivity index is 2.40. The van der Waals surface area contributed by atoms with E-state index in [2.05, 4.69) is 13.2 Å². The second-order valence-electron chi connectivity index (χ2n) is 3.68. The molecule has 1 nitrogen and oxygen atoms in total. The number of aliphatic hydroxyl groups excluding tert-OH is 1. The molecule has 13 heavy (non-hydrogen) atoms. The minimum Gasteiger partial charge on any atom is -0.393 e. The van der Waals surface area contributed by atoms with Crippen LogP contribution >= 0.6 is 0 Å². The molecule has 0 aromatic carbocycles. The van der Waals surface area contributed by atoms with Gasteiger partial charge in [0, 0.05) is 0 Å². The summed E-state index contributed by atoms with van der Waals surface area (Å²) in [4.78, 5) is 0. The lowest BCUT2D eigenvalue weighted by Gasteiger charge is -2.25. The molecule has 0 atom stereocenters. The number of hydrogen-bond acceptors (Lipinski definition) is 1. The highest BCUT2D eigenvalue weighted by molar-refractivity contribution is 5.21. The fourth-order valence-corrected chi connectivity index (χ4v) is 1.77. The van der Waals surface area contributed by atoms with E-state index in [-0.39, 0.29) is 6.10 Å². The monoisotopic (exact) mass is 178 g/mol. The van der Waals surface area contributed by atoms with Gasteiger partial charge in [-0.05, 0) is 31.6 Å². The summed E-state index contributed by atoms with van der Waals surface area (Å²) in [5.74, 6) is 0.569. The third-order valence-corrected chi connectivity index (χ3v) is 2.67. The molecule has 1 heteroatoms. The van der Waals surface area contributed by atoms with Gasteiger partial charge in [-0.25, -0.2) is 0 Å². The summed E-state index contributed by atoms with van der Waals surface area (Å²) < 4.78 is 0. The van der Waals surface area contributed by atoms with E-state index in [1.165, 1.54) is 5.57 Å². The van der Waals surface area contributed by atoms with Crippen LogP contribution < -0.4 is 0 Å². The molecule has 0 aromatic rings. The maximum Gasteiger partial charge on any atom is 0.0540 e. The van der Waals surface area contributed by atoms with E-state index in [1.54, 1.807) is 6.08 Å². The summed E-state index contributed by atoms with van der Waals surface area (Å²) >= 11 is 0. The molecule has 1 saturated carbocycles. The fraction of sp³-hybridized carbons (Fsp3) is 0.500. The number of hydrogen-bond donors (Lipinski definition) is 1. The largest absolute Gasteiger partial charge is 0.393 e. The predicted octanol–water partition coefficient (Wildman–Crippen LogP) is 2.84. The fourth-order valence-electron chi connectivity index (χ4n) is 1.77. The lowest BCUT2D eigenvalue weighted by molar-refractivity contribution is 0.116. The second-order valence-corrected chi connectivity index (χ2v) is 3.68. The lowest BCUT2D eigenvalue weighted by atomic mass is 9.83. The Bertz CT molecular complexity index is 207. The molecule has 0 spiro atoms. The summed E-state index contributed by atoms with van der Waals surface area (Å²) in [5, 5.41) is 9.32. The average Bonchev–Trinajstić information content (AvgIpc) is 2.15. The van der Waals surface area contributed by atoms with Crippen LogP contribution in [0.25, 0.3) is 0 Å². The van der Waals surface area contributed by atoms with E-state index >= 15 is 0 Å². The molecule has 0 amide bonds. The van der Waals surface area contributed by atoms with Crippen molar-refractivity contribution >= 4 is 0 Å². The summed E-state index contributed by atoms with van der Waals surface area (Å²) in [5.41, 5.74) is 1.17.